The quantitative estimate of drug-likeness (QED) is 0.718. The van der Waals surface area contributed by atoms with Gasteiger partial charge in [-0.05, 0) is 23.6 Å². The van der Waals surface area contributed by atoms with E-state index in [-0.39, 0.29) is 5.71 Å². The highest BCUT2D eigenvalue weighted by molar-refractivity contribution is 6.53. The van der Waals surface area contributed by atoms with Crippen molar-refractivity contribution in [2.75, 3.05) is 0 Å². The zero-order valence-corrected chi connectivity index (χ0v) is 8.34. The molecule has 0 saturated carbocycles. The van der Waals surface area contributed by atoms with Crippen LogP contribution >= 0.6 is 0 Å². The Balaban J connectivity index is 2.13. The van der Waals surface area contributed by atoms with Crippen molar-refractivity contribution in [2.45, 2.75) is 6.42 Å². The monoisotopic (exact) mass is 212 g/mol. The van der Waals surface area contributed by atoms with E-state index < -0.39 is 5.97 Å². The van der Waals surface area contributed by atoms with E-state index in [1.807, 2.05) is 24.3 Å². The second-order valence-electron chi connectivity index (χ2n) is 3.75. The van der Waals surface area contributed by atoms with Crippen LogP contribution in [0.2, 0.25) is 0 Å². The van der Waals surface area contributed by atoms with Gasteiger partial charge in [0.2, 0.25) is 0 Å². The van der Waals surface area contributed by atoms with Crippen LogP contribution in [0.3, 0.4) is 0 Å². The van der Waals surface area contributed by atoms with Crippen LogP contribution < -0.4 is 0 Å². The first-order valence-corrected chi connectivity index (χ1v) is 4.94. The second kappa shape index (κ2) is 3.13. The lowest BCUT2D eigenvalue weighted by Gasteiger charge is -2.09. The van der Waals surface area contributed by atoms with Crippen LogP contribution in [0.5, 0.6) is 0 Å². The smallest absolute Gasteiger partial charge is 0.357 e. The van der Waals surface area contributed by atoms with Gasteiger partial charge in [-0.1, -0.05) is 24.3 Å². The third kappa shape index (κ3) is 1.20. The first kappa shape index (κ1) is 9.03. The standard InChI is InChI=1S/C12H8N2O2/c15-12(16)11-9-5-4-7-2-1-3-8(6-7)10(9)13-14-11/h1-5H,6H2,(H,15,16). The van der Waals surface area contributed by atoms with Crippen molar-refractivity contribution in [2.24, 2.45) is 10.2 Å². The first-order chi connectivity index (χ1) is 7.75. The van der Waals surface area contributed by atoms with Gasteiger partial charge in [0, 0.05) is 5.57 Å². The molecule has 4 nitrogen and oxygen atoms in total. The fraction of sp³-hybridized carbons (Fsp3) is 0.0833. The van der Waals surface area contributed by atoms with E-state index in [1.54, 1.807) is 6.08 Å². The Labute approximate surface area is 91.7 Å². The molecule has 0 unspecified atom stereocenters. The van der Waals surface area contributed by atoms with Gasteiger partial charge in [0.25, 0.3) is 0 Å². The molecule has 3 rings (SSSR count). The predicted molar refractivity (Wildman–Crippen MR) is 60.5 cm³/mol. The molecule has 0 atom stereocenters. The van der Waals surface area contributed by atoms with E-state index in [1.165, 1.54) is 0 Å². The summed E-state index contributed by atoms with van der Waals surface area (Å²) in [6.45, 7) is 0. The van der Waals surface area contributed by atoms with Gasteiger partial charge in [-0.3, -0.25) is 0 Å². The van der Waals surface area contributed by atoms with Crippen LogP contribution in [0.1, 0.15) is 6.42 Å². The Morgan fingerprint density at radius 2 is 2.12 bits per heavy atom. The molecule has 2 aliphatic carbocycles. The summed E-state index contributed by atoms with van der Waals surface area (Å²) in [5.41, 5.74) is 3.51. The van der Waals surface area contributed by atoms with Crippen LogP contribution in [-0.4, -0.2) is 22.5 Å². The molecule has 2 bridgehead atoms. The van der Waals surface area contributed by atoms with E-state index in [4.69, 9.17) is 5.11 Å². The number of hydrogen-bond acceptors (Lipinski definition) is 3. The van der Waals surface area contributed by atoms with Gasteiger partial charge in [-0.2, -0.15) is 0 Å². The fourth-order valence-corrected chi connectivity index (χ4v) is 1.97. The van der Waals surface area contributed by atoms with Gasteiger partial charge in [-0.15, -0.1) is 10.2 Å². The Kier molecular flexibility index (Phi) is 1.77. The number of nitrogens with zero attached hydrogens (tertiary/aromatic N) is 2. The van der Waals surface area contributed by atoms with Crippen LogP contribution in [-0.2, 0) is 4.79 Å². The van der Waals surface area contributed by atoms with Crippen LogP contribution in [0, 0.1) is 0 Å². The summed E-state index contributed by atoms with van der Waals surface area (Å²) in [7, 11) is 0. The SMILES string of the molecule is O=C(O)C1=NN=C2C3=CC=CC(=CC=C12)C3. The third-order valence-electron chi connectivity index (χ3n) is 2.73. The van der Waals surface area contributed by atoms with Crippen molar-refractivity contribution in [1.82, 2.24) is 0 Å². The molecule has 78 valence electrons. The highest BCUT2D eigenvalue weighted by Crippen LogP contribution is 2.28. The summed E-state index contributed by atoms with van der Waals surface area (Å²) in [4.78, 5) is 11.0. The van der Waals surface area contributed by atoms with E-state index in [9.17, 15) is 4.79 Å². The molecule has 1 heterocycles. The van der Waals surface area contributed by atoms with Crippen LogP contribution in [0.25, 0.3) is 0 Å². The zero-order chi connectivity index (χ0) is 11.1. The highest BCUT2D eigenvalue weighted by atomic mass is 16.4. The van der Waals surface area contributed by atoms with E-state index in [2.05, 4.69) is 10.2 Å². The van der Waals surface area contributed by atoms with E-state index in [0.29, 0.717) is 11.3 Å². The number of carboxylic acids is 1. The molecule has 0 fully saturated rings. The summed E-state index contributed by atoms with van der Waals surface area (Å²) in [6.07, 6.45) is 10.4. The fourth-order valence-electron chi connectivity index (χ4n) is 1.97. The van der Waals surface area contributed by atoms with Crippen molar-refractivity contribution in [3.63, 3.8) is 0 Å². The molecule has 3 aliphatic rings. The number of carbonyl (C=O) groups is 1. The van der Waals surface area contributed by atoms with Gasteiger partial charge in [0.05, 0.1) is 5.71 Å². The van der Waals surface area contributed by atoms with Crippen molar-refractivity contribution < 1.29 is 9.90 Å². The van der Waals surface area contributed by atoms with Gasteiger partial charge >= 0.3 is 5.97 Å². The molecule has 0 aromatic carbocycles. The topological polar surface area (TPSA) is 62.0 Å². The molecule has 0 amide bonds. The molecular weight excluding hydrogens is 204 g/mol. The zero-order valence-electron chi connectivity index (χ0n) is 8.34. The molecule has 4 heteroatoms. The lowest BCUT2D eigenvalue weighted by molar-refractivity contribution is -0.129. The van der Waals surface area contributed by atoms with Crippen LogP contribution in [0.15, 0.2) is 57.3 Å². The van der Waals surface area contributed by atoms with Crippen LogP contribution in [0.4, 0.5) is 0 Å². The molecule has 0 aromatic rings. The predicted octanol–water partition coefficient (Wildman–Crippen LogP) is 1.63. The van der Waals surface area contributed by atoms with Gasteiger partial charge < -0.3 is 5.11 Å². The Morgan fingerprint density at radius 1 is 1.25 bits per heavy atom. The lowest BCUT2D eigenvalue weighted by atomic mass is 9.94. The van der Waals surface area contributed by atoms with Crippen molar-refractivity contribution in [3.8, 4) is 0 Å². The molecule has 1 aliphatic heterocycles. The van der Waals surface area contributed by atoms with Crippen molar-refractivity contribution >= 4 is 17.4 Å². The maximum atomic E-state index is 11.0. The number of carboxylic acid groups (broad SMARTS) is 1. The number of rotatable bonds is 1. The normalized spacial score (nSPS) is 21.1. The molecule has 0 saturated heterocycles. The summed E-state index contributed by atoms with van der Waals surface area (Å²) < 4.78 is 0. The molecule has 0 aromatic heterocycles. The van der Waals surface area contributed by atoms with Crippen molar-refractivity contribution in [3.05, 3.63) is 47.1 Å². The number of hydrogen-bond donors (Lipinski definition) is 1. The summed E-state index contributed by atoms with van der Waals surface area (Å²) in [6, 6.07) is 0. The third-order valence-corrected chi connectivity index (χ3v) is 2.73. The minimum Gasteiger partial charge on any atom is -0.476 e. The van der Waals surface area contributed by atoms with E-state index in [0.717, 1.165) is 17.6 Å². The Morgan fingerprint density at radius 3 is 2.94 bits per heavy atom. The second-order valence-corrected chi connectivity index (χ2v) is 3.75. The summed E-state index contributed by atoms with van der Waals surface area (Å²) >= 11 is 0. The molecule has 0 radical (unpaired) electrons. The average Bonchev–Trinajstić information content (AvgIpc) is 2.66. The average molecular weight is 212 g/mol. The summed E-state index contributed by atoms with van der Waals surface area (Å²) in [5.74, 6) is -1.03. The van der Waals surface area contributed by atoms with Gasteiger partial charge in [0.1, 0.15) is 0 Å². The number of fused-ring (bicyclic) bond motifs is 4. The molecular formula is C12H8N2O2. The Hall–Kier alpha value is -2.23. The van der Waals surface area contributed by atoms with Gasteiger partial charge in [-0.25, -0.2) is 4.79 Å². The maximum absolute atomic E-state index is 11.0. The molecule has 1 N–H and O–H groups in total. The minimum atomic E-state index is -1.03. The number of allylic oxidation sites excluding steroid dienone is 7. The maximum Gasteiger partial charge on any atom is 0.357 e. The lowest BCUT2D eigenvalue weighted by Crippen LogP contribution is -2.18. The molecule has 16 heavy (non-hydrogen) atoms. The number of aliphatic carboxylic acids is 1. The Bertz CT molecular complexity index is 572. The highest BCUT2D eigenvalue weighted by Gasteiger charge is 2.29. The van der Waals surface area contributed by atoms with Gasteiger partial charge in [0.15, 0.2) is 5.71 Å². The van der Waals surface area contributed by atoms with Crippen molar-refractivity contribution in [1.29, 1.82) is 0 Å². The first-order valence-electron chi connectivity index (χ1n) is 4.94. The van der Waals surface area contributed by atoms with E-state index >= 15 is 0 Å². The summed E-state index contributed by atoms with van der Waals surface area (Å²) in [5, 5.41) is 16.7. The largest absolute Gasteiger partial charge is 0.476 e. The molecule has 0 spiro atoms. The minimum absolute atomic E-state index is 0.0281.